The number of aliphatic hydroxyl groups is 1. The first-order valence-electron chi connectivity index (χ1n) is 7.22. The van der Waals surface area contributed by atoms with Crippen LogP contribution in [0.15, 0.2) is 29.2 Å². The quantitative estimate of drug-likeness (QED) is 0.835. The molecule has 0 spiro atoms. The lowest BCUT2D eigenvalue weighted by Crippen LogP contribution is -2.57. The normalized spacial score (nSPS) is 19.3. The van der Waals surface area contributed by atoms with Gasteiger partial charge in [0.05, 0.1) is 11.0 Å². The number of nitrogens with zero attached hydrogens (tertiary/aromatic N) is 1. The van der Waals surface area contributed by atoms with Crippen molar-refractivity contribution < 1.29 is 13.5 Å². The predicted octanol–water partition coefficient (Wildman–Crippen LogP) is 1.50. The lowest BCUT2D eigenvalue weighted by atomic mass is 9.76. The van der Waals surface area contributed by atoms with Crippen LogP contribution in [0.2, 0.25) is 0 Å². The summed E-state index contributed by atoms with van der Waals surface area (Å²) >= 11 is 0. The van der Waals surface area contributed by atoms with Gasteiger partial charge < -0.3 is 10.0 Å². The number of rotatable bonds is 6. The minimum atomic E-state index is -3.55. The number of benzene rings is 1. The van der Waals surface area contributed by atoms with Crippen molar-refractivity contribution in [2.75, 3.05) is 20.6 Å². The van der Waals surface area contributed by atoms with Crippen molar-refractivity contribution in [2.24, 2.45) is 0 Å². The number of nitrogens with one attached hydrogen (secondary N) is 1. The molecule has 1 aromatic carbocycles. The summed E-state index contributed by atoms with van der Waals surface area (Å²) in [5.41, 5.74) is 0.540. The third-order valence-corrected chi connectivity index (χ3v) is 5.87. The van der Waals surface area contributed by atoms with Gasteiger partial charge in [-0.3, -0.25) is 0 Å². The zero-order chi connectivity index (χ0) is 15.7. The minimum absolute atomic E-state index is 0.0606. The zero-order valence-electron chi connectivity index (χ0n) is 12.8. The van der Waals surface area contributed by atoms with Crippen molar-refractivity contribution >= 4 is 10.0 Å². The molecule has 0 aromatic heterocycles. The highest BCUT2D eigenvalue weighted by atomic mass is 32.2. The van der Waals surface area contributed by atoms with E-state index in [-0.39, 0.29) is 10.4 Å². The van der Waals surface area contributed by atoms with Crippen LogP contribution in [0.5, 0.6) is 0 Å². The van der Waals surface area contributed by atoms with Gasteiger partial charge in [-0.2, -0.15) is 0 Å². The lowest BCUT2D eigenvalue weighted by Gasteiger charge is -2.47. The van der Waals surface area contributed by atoms with E-state index in [9.17, 15) is 13.5 Å². The summed E-state index contributed by atoms with van der Waals surface area (Å²) in [7, 11) is 0.428. The highest BCUT2D eigenvalue weighted by Gasteiger charge is 2.39. The Hall–Kier alpha value is -0.950. The van der Waals surface area contributed by atoms with E-state index >= 15 is 0 Å². The van der Waals surface area contributed by atoms with E-state index in [0.29, 0.717) is 12.1 Å². The Labute approximate surface area is 127 Å². The van der Waals surface area contributed by atoms with Gasteiger partial charge in [0.25, 0.3) is 0 Å². The van der Waals surface area contributed by atoms with Crippen LogP contribution in [0, 0.1) is 0 Å². The molecule has 0 radical (unpaired) electrons. The van der Waals surface area contributed by atoms with E-state index in [1.807, 2.05) is 14.1 Å². The Morgan fingerprint density at radius 3 is 2.52 bits per heavy atom. The lowest BCUT2D eigenvalue weighted by molar-refractivity contribution is 0.0657. The predicted molar refractivity (Wildman–Crippen MR) is 82.5 cm³/mol. The minimum Gasteiger partial charge on any atom is -0.389 e. The first kappa shape index (κ1) is 16.4. The number of hydrogen-bond donors (Lipinski definition) is 2. The van der Waals surface area contributed by atoms with E-state index in [2.05, 4.69) is 9.62 Å². The third-order valence-electron chi connectivity index (χ3n) is 4.47. The molecule has 1 aliphatic rings. The fourth-order valence-electron chi connectivity index (χ4n) is 2.62. The van der Waals surface area contributed by atoms with Gasteiger partial charge in [-0.05, 0) is 58.0 Å². The molecule has 1 aromatic rings. The highest BCUT2D eigenvalue weighted by Crippen LogP contribution is 2.35. The third kappa shape index (κ3) is 3.45. The second-order valence-electron chi connectivity index (χ2n) is 6.05. The van der Waals surface area contributed by atoms with Gasteiger partial charge in [0, 0.05) is 12.1 Å². The molecule has 1 fully saturated rings. The molecule has 6 heteroatoms. The van der Waals surface area contributed by atoms with Gasteiger partial charge in [0.15, 0.2) is 0 Å². The van der Waals surface area contributed by atoms with Crippen molar-refractivity contribution in [2.45, 2.75) is 42.7 Å². The number of aliphatic hydroxyl groups excluding tert-OH is 1. The highest BCUT2D eigenvalue weighted by molar-refractivity contribution is 7.89. The molecule has 1 saturated carbocycles. The molecule has 2 rings (SSSR count). The molecule has 0 aliphatic heterocycles. The SMILES string of the molecule is CC(O)c1cccc(S(=O)(=O)NCC2(N(C)C)CCC2)c1. The molecule has 2 N–H and O–H groups in total. The van der Waals surface area contributed by atoms with E-state index in [1.54, 1.807) is 25.1 Å². The van der Waals surface area contributed by atoms with Gasteiger partial charge in [-0.1, -0.05) is 12.1 Å². The summed E-state index contributed by atoms with van der Waals surface area (Å²) in [4.78, 5) is 2.31. The van der Waals surface area contributed by atoms with Crippen LogP contribution in [0.4, 0.5) is 0 Å². The Morgan fingerprint density at radius 2 is 2.05 bits per heavy atom. The standard InChI is InChI=1S/C15H24N2O3S/c1-12(18)13-6-4-7-14(10-13)21(19,20)16-11-15(17(2)3)8-5-9-15/h4,6-7,10,12,16,18H,5,8-9,11H2,1-3H3. The maximum atomic E-state index is 12.4. The van der Waals surface area contributed by atoms with Crippen LogP contribution >= 0.6 is 0 Å². The summed E-state index contributed by atoms with van der Waals surface area (Å²) in [6.07, 6.45) is 2.48. The van der Waals surface area contributed by atoms with Crippen molar-refractivity contribution in [3.63, 3.8) is 0 Å². The van der Waals surface area contributed by atoms with E-state index in [1.165, 1.54) is 6.07 Å². The van der Waals surface area contributed by atoms with E-state index in [0.717, 1.165) is 19.3 Å². The summed E-state index contributed by atoms with van der Waals surface area (Å²) in [5.74, 6) is 0. The number of likely N-dealkylation sites (N-methyl/N-ethyl adjacent to an activating group) is 1. The molecule has 1 unspecified atom stereocenters. The van der Waals surface area contributed by atoms with Gasteiger partial charge in [0.2, 0.25) is 10.0 Å². The molecule has 0 heterocycles. The van der Waals surface area contributed by atoms with Crippen molar-refractivity contribution in [1.29, 1.82) is 0 Å². The maximum Gasteiger partial charge on any atom is 0.240 e. The largest absolute Gasteiger partial charge is 0.389 e. The van der Waals surface area contributed by atoms with Crippen molar-refractivity contribution in [3.05, 3.63) is 29.8 Å². The molecule has 0 saturated heterocycles. The Bertz CT molecular complexity index is 593. The molecule has 21 heavy (non-hydrogen) atoms. The number of sulfonamides is 1. The van der Waals surface area contributed by atoms with Gasteiger partial charge in [-0.25, -0.2) is 13.1 Å². The topological polar surface area (TPSA) is 69.6 Å². The average molecular weight is 312 g/mol. The van der Waals surface area contributed by atoms with Gasteiger partial charge in [-0.15, -0.1) is 0 Å². The molecule has 5 nitrogen and oxygen atoms in total. The maximum absolute atomic E-state index is 12.4. The summed E-state index contributed by atoms with van der Waals surface area (Å²) in [6, 6.07) is 6.45. The molecular formula is C15H24N2O3S. The van der Waals surface area contributed by atoms with Crippen molar-refractivity contribution in [1.82, 2.24) is 9.62 Å². The number of hydrogen-bond acceptors (Lipinski definition) is 4. The second kappa shape index (κ2) is 6.04. The molecule has 118 valence electrons. The molecule has 0 bridgehead atoms. The molecule has 0 amide bonds. The fraction of sp³-hybridized carbons (Fsp3) is 0.600. The van der Waals surface area contributed by atoms with Crippen LogP contribution in [-0.2, 0) is 10.0 Å². The monoisotopic (exact) mass is 312 g/mol. The van der Waals surface area contributed by atoms with Gasteiger partial charge in [0.1, 0.15) is 0 Å². The van der Waals surface area contributed by atoms with E-state index in [4.69, 9.17) is 0 Å². The first-order valence-corrected chi connectivity index (χ1v) is 8.70. The smallest absolute Gasteiger partial charge is 0.240 e. The molecule has 1 atom stereocenters. The van der Waals surface area contributed by atoms with Crippen LogP contribution in [-0.4, -0.2) is 44.6 Å². The van der Waals surface area contributed by atoms with Crippen molar-refractivity contribution in [3.8, 4) is 0 Å². The Kier molecular flexibility index (Phi) is 4.72. The summed E-state index contributed by atoms with van der Waals surface area (Å²) in [5, 5.41) is 9.57. The average Bonchev–Trinajstić information content (AvgIpc) is 2.37. The van der Waals surface area contributed by atoms with Crippen LogP contribution in [0.1, 0.15) is 37.9 Å². The van der Waals surface area contributed by atoms with E-state index < -0.39 is 16.1 Å². The van der Waals surface area contributed by atoms with Crippen LogP contribution < -0.4 is 4.72 Å². The Balaban J connectivity index is 2.13. The molecular weight excluding hydrogens is 288 g/mol. The van der Waals surface area contributed by atoms with Gasteiger partial charge >= 0.3 is 0 Å². The fourth-order valence-corrected chi connectivity index (χ4v) is 3.80. The second-order valence-corrected chi connectivity index (χ2v) is 7.81. The van der Waals surface area contributed by atoms with Crippen LogP contribution in [0.3, 0.4) is 0 Å². The summed E-state index contributed by atoms with van der Waals surface area (Å²) in [6.45, 7) is 2.04. The van der Waals surface area contributed by atoms with Crippen LogP contribution in [0.25, 0.3) is 0 Å². The Morgan fingerprint density at radius 1 is 1.38 bits per heavy atom. The first-order chi connectivity index (χ1) is 9.77. The molecule has 1 aliphatic carbocycles. The zero-order valence-corrected chi connectivity index (χ0v) is 13.7. The summed E-state index contributed by atoms with van der Waals surface area (Å²) < 4.78 is 27.5.